The quantitative estimate of drug-likeness (QED) is 0.107. The number of hydrogen-bond acceptors (Lipinski definition) is 8. The van der Waals surface area contributed by atoms with Gasteiger partial charge in [0.2, 0.25) is 17.4 Å². The second kappa shape index (κ2) is 16.0. The maximum Gasteiger partial charge on any atom is 0.313 e. The summed E-state index contributed by atoms with van der Waals surface area (Å²) in [5, 5.41) is 5.15. The number of ether oxygens (including phenoxy) is 3. The third-order valence-corrected chi connectivity index (χ3v) is 10.6. The molecule has 2 aliphatic rings. The normalized spacial score (nSPS) is 19.6. The molecule has 1 aliphatic carbocycles. The second-order valence-electron chi connectivity index (χ2n) is 15.1. The number of aromatic nitrogens is 4. The lowest BCUT2D eigenvalue weighted by Gasteiger charge is -2.28. The number of nitrogen functional groups attached to an aromatic ring is 1. The number of hydrogen-bond donors (Lipinski definition) is 2. The molecule has 1 saturated heterocycles. The number of anilines is 1. The van der Waals surface area contributed by atoms with E-state index in [1.807, 2.05) is 12.1 Å². The Morgan fingerprint density at radius 2 is 1.80 bits per heavy atom. The molecule has 0 radical (unpaired) electrons. The molecule has 2 aromatic carbocycles. The van der Waals surface area contributed by atoms with E-state index in [2.05, 4.69) is 28.9 Å². The molecule has 1 aliphatic heterocycles. The van der Waals surface area contributed by atoms with Crippen molar-refractivity contribution in [3.05, 3.63) is 88.9 Å². The van der Waals surface area contributed by atoms with Crippen LogP contribution in [0.4, 0.5) is 14.6 Å². The van der Waals surface area contributed by atoms with Gasteiger partial charge in [0.25, 0.3) is 0 Å². The lowest BCUT2D eigenvalue weighted by molar-refractivity contribution is -0.144. The Kier molecular flexibility index (Phi) is 11.0. The van der Waals surface area contributed by atoms with Crippen LogP contribution in [0.2, 0.25) is 0 Å². The molecule has 3 N–H and O–H groups in total. The molecule has 3 aromatic heterocycles. The maximum atomic E-state index is 14.2. The summed E-state index contributed by atoms with van der Waals surface area (Å²) in [4.78, 5) is 34.7. The van der Waals surface area contributed by atoms with Gasteiger partial charge in [0.15, 0.2) is 11.6 Å². The molecule has 10 nitrogen and oxygen atoms in total. The average molecular weight is 740 g/mol. The number of ketones is 1. The lowest BCUT2D eigenvalue weighted by Crippen LogP contribution is -2.22. The zero-order valence-electron chi connectivity index (χ0n) is 31.0. The van der Waals surface area contributed by atoms with Crippen molar-refractivity contribution < 1.29 is 32.6 Å². The van der Waals surface area contributed by atoms with Crippen molar-refractivity contribution >= 4 is 28.5 Å². The lowest BCUT2D eigenvalue weighted by atomic mass is 9.84. The van der Waals surface area contributed by atoms with Crippen LogP contribution in [0.25, 0.3) is 16.6 Å². The Morgan fingerprint density at radius 1 is 1.02 bits per heavy atom. The Bertz CT molecular complexity index is 2140. The number of carbonyl (C=O) groups is 2. The molecule has 7 rings (SSSR count). The van der Waals surface area contributed by atoms with E-state index in [9.17, 15) is 18.4 Å². The van der Waals surface area contributed by atoms with Gasteiger partial charge >= 0.3 is 5.97 Å². The molecular weight excluding hydrogens is 692 g/mol. The smallest absolute Gasteiger partial charge is 0.313 e. The first kappa shape index (κ1) is 37.1. The van der Waals surface area contributed by atoms with Gasteiger partial charge in [-0.2, -0.15) is 5.10 Å². The number of nitrogens with one attached hydrogen (secondary N) is 1. The second-order valence-corrected chi connectivity index (χ2v) is 15.1. The molecule has 3 atom stereocenters. The summed E-state index contributed by atoms with van der Waals surface area (Å²) in [6.07, 6.45) is 13.0. The third-order valence-electron chi connectivity index (χ3n) is 10.6. The Labute approximate surface area is 313 Å². The first-order valence-corrected chi connectivity index (χ1v) is 19.0. The maximum absolute atomic E-state index is 14.2. The van der Waals surface area contributed by atoms with Gasteiger partial charge in [-0.15, -0.1) is 0 Å². The van der Waals surface area contributed by atoms with E-state index in [4.69, 9.17) is 19.9 Å². The highest BCUT2D eigenvalue weighted by atomic mass is 19.1. The summed E-state index contributed by atoms with van der Waals surface area (Å²) < 4.78 is 47.5. The van der Waals surface area contributed by atoms with E-state index < -0.39 is 23.3 Å². The SMILES string of the molecule is Cc1cc(Oc2c(F)cccc2F)ncc1-n1ncc(C(=O)c2cc3cc(OC4CCCCC(CC(C)C)CC4)c(C4CCCCOC4=O)cc3[nH]2)c1N. The van der Waals surface area contributed by atoms with Gasteiger partial charge in [0, 0.05) is 22.5 Å². The zero-order valence-corrected chi connectivity index (χ0v) is 31.0. The molecule has 12 heteroatoms. The molecular formula is C42H47F2N5O5. The number of H-pyrrole nitrogens is 1. The fourth-order valence-electron chi connectivity index (χ4n) is 7.87. The molecule has 2 fully saturated rings. The van der Waals surface area contributed by atoms with Crippen LogP contribution < -0.4 is 15.2 Å². The largest absolute Gasteiger partial charge is 0.490 e. The zero-order chi connectivity index (χ0) is 37.9. The van der Waals surface area contributed by atoms with Crippen LogP contribution in [-0.2, 0) is 9.53 Å². The highest BCUT2D eigenvalue weighted by Crippen LogP contribution is 2.39. The molecule has 5 aromatic rings. The average Bonchev–Trinajstić information content (AvgIpc) is 3.65. The summed E-state index contributed by atoms with van der Waals surface area (Å²) >= 11 is 0. The van der Waals surface area contributed by atoms with E-state index >= 15 is 0 Å². The van der Waals surface area contributed by atoms with E-state index in [0.29, 0.717) is 53.1 Å². The van der Waals surface area contributed by atoms with Gasteiger partial charge in [-0.3, -0.25) is 9.59 Å². The fourth-order valence-corrected chi connectivity index (χ4v) is 7.87. The minimum Gasteiger partial charge on any atom is -0.490 e. The number of para-hydroxylation sites is 1. The van der Waals surface area contributed by atoms with E-state index in [1.54, 1.807) is 13.0 Å². The molecule has 0 spiro atoms. The van der Waals surface area contributed by atoms with Crippen molar-refractivity contribution in [2.24, 2.45) is 11.8 Å². The summed E-state index contributed by atoms with van der Waals surface area (Å²) in [7, 11) is 0. The number of esters is 1. The number of halogens is 2. The van der Waals surface area contributed by atoms with E-state index in [0.717, 1.165) is 61.6 Å². The predicted molar refractivity (Wildman–Crippen MR) is 201 cm³/mol. The van der Waals surface area contributed by atoms with Gasteiger partial charge in [0.05, 0.1) is 48.0 Å². The summed E-state index contributed by atoms with van der Waals surface area (Å²) in [5.74, 6) is -1.28. The van der Waals surface area contributed by atoms with Crippen LogP contribution >= 0.6 is 0 Å². The topological polar surface area (TPSA) is 134 Å². The number of aryl methyl sites for hydroxylation is 1. The van der Waals surface area contributed by atoms with Crippen LogP contribution in [0.15, 0.2) is 54.9 Å². The molecule has 54 heavy (non-hydrogen) atoms. The molecule has 4 heterocycles. The number of aromatic amines is 1. The van der Waals surface area contributed by atoms with Crippen molar-refractivity contribution in [1.82, 2.24) is 19.7 Å². The van der Waals surface area contributed by atoms with Gasteiger partial charge in [-0.05, 0) is 106 Å². The Morgan fingerprint density at radius 3 is 2.57 bits per heavy atom. The molecule has 1 saturated carbocycles. The van der Waals surface area contributed by atoms with Crippen molar-refractivity contribution in [2.75, 3.05) is 12.3 Å². The first-order chi connectivity index (χ1) is 26.0. The van der Waals surface area contributed by atoms with Crippen LogP contribution in [0.1, 0.15) is 111 Å². The van der Waals surface area contributed by atoms with Crippen LogP contribution in [-0.4, -0.2) is 44.2 Å². The molecule has 3 unspecified atom stereocenters. The van der Waals surface area contributed by atoms with Crippen LogP contribution in [0.3, 0.4) is 0 Å². The Hall–Kier alpha value is -5.26. The number of carbonyl (C=O) groups excluding carboxylic acids is 2. The van der Waals surface area contributed by atoms with Crippen LogP contribution in [0.5, 0.6) is 17.4 Å². The third kappa shape index (κ3) is 7.97. The first-order valence-electron chi connectivity index (χ1n) is 19.0. The fraction of sp³-hybridized carbons (Fsp3) is 0.429. The monoisotopic (exact) mass is 739 g/mol. The highest BCUT2D eigenvalue weighted by molar-refractivity contribution is 6.12. The van der Waals surface area contributed by atoms with Crippen LogP contribution in [0, 0.1) is 30.4 Å². The summed E-state index contributed by atoms with van der Waals surface area (Å²) in [6, 6.07) is 10.6. The van der Waals surface area contributed by atoms with Gasteiger partial charge in [-0.25, -0.2) is 18.4 Å². The van der Waals surface area contributed by atoms with Gasteiger partial charge in [-0.1, -0.05) is 32.8 Å². The predicted octanol–water partition coefficient (Wildman–Crippen LogP) is 9.52. The standard InChI is InChI=1S/C42H47F2N5O5/c1-24(2)17-26-9-4-5-10-28(15-14-26)53-37-20-27-19-35(48-34(27)21-30(37)29-11-6-7-16-52-42(29)51)39(50)31-22-47-49(41(31)45)36-23-46-38(18-25(36)3)54-40-32(43)12-8-13-33(40)44/h8,12-13,18-24,26,28-29,48H,4-7,9-11,14-17,45H2,1-3H3. The number of rotatable bonds is 10. The van der Waals surface area contributed by atoms with Crippen molar-refractivity contribution in [1.29, 1.82) is 0 Å². The van der Waals surface area contributed by atoms with E-state index in [-0.39, 0.29) is 35.1 Å². The minimum atomic E-state index is -0.855. The van der Waals surface area contributed by atoms with E-state index in [1.165, 1.54) is 48.5 Å². The molecule has 284 valence electrons. The highest BCUT2D eigenvalue weighted by Gasteiger charge is 2.30. The van der Waals surface area contributed by atoms with Crippen molar-refractivity contribution in [2.45, 2.75) is 97.0 Å². The number of fused-ring (bicyclic) bond motifs is 1. The van der Waals surface area contributed by atoms with Gasteiger partial charge < -0.3 is 24.9 Å². The molecule has 0 amide bonds. The van der Waals surface area contributed by atoms with Crippen molar-refractivity contribution in [3.8, 4) is 23.1 Å². The van der Waals surface area contributed by atoms with Crippen molar-refractivity contribution in [3.63, 3.8) is 0 Å². The molecule has 0 bridgehead atoms. The number of pyridine rings is 1. The number of cyclic esters (lactones) is 1. The van der Waals surface area contributed by atoms with Gasteiger partial charge in [0.1, 0.15) is 11.6 Å². The number of benzene rings is 2. The number of nitrogens with zero attached hydrogens (tertiary/aromatic N) is 3. The minimum absolute atomic E-state index is 0.0231. The number of nitrogens with two attached hydrogens (primary N) is 1. The summed E-state index contributed by atoms with van der Waals surface area (Å²) in [6.45, 7) is 6.72. The Balaban J connectivity index is 1.16. The summed E-state index contributed by atoms with van der Waals surface area (Å²) in [5.41, 5.74) is 9.50.